The van der Waals surface area contributed by atoms with Gasteiger partial charge in [0.05, 0.1) is 6.61 Å². The summed E-state index contributed by atoms with van der Waals surface area (Å²) >= 11 is 3.20. The molecule has 3 N–H and O–H groups in total. The Hall–Kier alpha value is -1.34. The molecule has 0 saturated carbocycles. The van der Waals surface area contributed by atoms with Crippen molar-refractivity contribution in [3.8, 4) is 0 Å². The Labute approximate surface area is 100 Å². The Morgan fingerprint density at radius 3 is 2.62 bits per heavy atom. The number of nitrogens with one attached hydrogen (secondary N) is 1. The molecule has 0 fully saturated rings. The van der Waals surface area contributed by atoms with E-state index < -0.39 is 24.5 Å². The predicted octanol–water partition coefficient (Wildman–Crippen LogP) is -0.0371. The maximum absolute atomic E-state index is 11.6. The van der Waals surface area contributed by atoms with E-state index in [1.807, 2.05) is 0 Å². The minimum Gasteiger partial charge on any atom is -0.480 e. The lowest BCUT2D eigenvalue weighted by Crippen LogP contribution is -2.43. The van der Waals surface area contributed by atoms with Crippen molar-refractivity contribution in [3.63, 3.8) is 0 Å². The van der Waals surface area contributed by atoms with Crippen LogP contribution in [-0.2, 0) is 11.8 Å². The number of amides is 1. The number of aliphatic hydroxyl groups excluding tert-OH is 1. The second-order valence-corrected chi connectivity index (χ2v) is 4.12. The molecule has 16 heavy (non-hydrogen) atoms. The first-order valence-electron chi connectivity index (χ1n) is 4.42. The van der Waals surface area contributed by atoms with Crippen molar-refractivity contribution >= 4 is 27.8 Å². The maximum atomic E-state index is 11.6. The van der Waals surface area contributed by atoms with E-state index in [4.69, 9.17) is 10.2 Å². The molecule has 0 saturated heterocycles. The summed E-state index contributed by atoms with van der Waals surface area (Å²) in [5.41, 5.74) is 0.312. The van der Waals surface area contributed by atoms with Gasteiger partial charge in [-0.3, -0.25) is 4.79 Å². The molecule has 6 nitrogen and oxygen atoms in total. The lowest BCUT2D eigenvalue weighted by Gasteiger charge is -2.11. The van der Waals surface area contributed by atoms with Crippen molar-refractivity contribution in [1.29, 1.82) is 0 Å². The Balaban J connectivity index is 2.79. The van der Waals surface area contributed by atoms with Gasteiger partial charge in [0.1, 0.15) is 5.69 Å². The van der Waals surface area contributed by atoms with E-state index in [2.05, 4.69) is 21.2 Å². The number of aryl methyl sites for hydroxylation is 1. The Bertz CT molecular complexity index is 416. The van der Waals surface area contributed by atoms with Gasteiger partial charge in [-0.05, 0) is 22.0 Å². The van der Waals surface area contributed by atoms with E-state index in [0.29, 0.717) is 5.69 Å². The van der Waals surface area contributed by atoms with Crippen LogP contribution in [-0.4, -0.2) is 39.3 Å². The number of carbonyl (C=O) groups is 2. The summed E-state index contributed by atoms with van der Waals surface area (Å²) in [6.45, 7) is -0.646. The summed E-state index contributed by atoms with van der Waals surface area (Å²) in [7, 11) is 1.66. The van der Waals surface area contributed by atoms with Gasteiger partial charge >= 0.3 is 5.97 Å². The van der Waals surface area contributed by atoms with Crippen LogP contribution in [0.4, 0.5) is 0 Å². The van der Waals surface area contributed by atoms with Gasteiger partial charge in [-0.25, -0.2) is 4.79 Å². The fourth-order valence-corrected chi connectivity index (χ4v) is 1.69. The van der Waals surface area contributed by atoms with Crippen LogP contribution >= 0.6 is 15.9 Å². The van der Waals surface area contributed by atoms with E-state index in [9.17, 15) is 9.59 Å². The van der Waals surface area contributed by atoms with E-state index >= 15 is 0 Å². The Morgan fingerprint density at radius 2 is 2.25 bits per heavy atom. The molecule has 0 spiro atoms. The number of carbonyl (C=O) groups excluding carboxylic acids is 1. The number of carboxylic acid groups (broad SMARTS) is 1. The van der Waals surface area contributed by atoms with Crippen LogP contribution in [0.15, 0.2) is 16.7 Å². The number of nitrogens with zero attached hydrogens (tertiary/aromatic N) is 1. The third-order valence-corrected chi connectivity index (χ3v) is 2.42. The maximum Gasteiger partial charge on any atom is 0.328 e. The fourth-order valence-electron chi connectivity index (χ4n) is 1.17. The molecule has 1 atom stereocenters. The summed E-state index contributed by atoms with van der Waals surface area (Å²) in [4.78, 5) is 22.2. The van der Waals surface area contributed by atoms with Crippen molar-refractivity contribution < 1.29 is 19.8 Å². The average molecular weight is 291 g/mol. The lowest BCUT2D eigenvalue weighted by atomic mass is 10.3. The van der Waals surface area contributed by atoms with Crippen LogP contribution in [0.2, 0.25) is 0 Å². The highest BCUT2D eigenvalue weighted by Crippen LogP contribution is 2.13. The van der Waals surface area contributed by atoms with Gasteiger partial charge < -0.3 is 20.1 Å². The van der Waals surface area contributed by atoms with Crippen molar-refractivity contribution in [2.24, 2.45) is 7.05 Å². The first-order valence-corrected chi connectivity index (χ1v) is 5.21. The number of aromatic nitrogens is 1. The molecule has 0 aromatic carbocycles. The number of hydrogen-bond donors (Lipinski definition) is 3. The fraction of sp³-hybridized carbons (Fsp3) is 0.333. The standard InChI is InChI=1S/C9H11BrN2O4/c1-12-3-5(10)2-7(12)8(14)11-6(4-13)9(15)16/h2-3,6,13H,4H2,1H3,(H,11,14)(H,15,16). The first kappa shape index (κ1) is 12.7. The molecule has 1 unspecified atom stereocenters. The van der Waals surface area contributed by atoms with Crippen molar-refractivity contribution in [3.05, 3.63) is 22.4 Å². The van der Waals surface area contributed by atoms with Gasteiger partial charge in [0.2, 0.25) is 0 Å². The molecule has 0 aliphatic carbocycles. The minimum absolute atomic E-state index is 0.312. The first-order chi connectivity index (χ1) is 7.45. The molecule has 0 radical (unpaired) electrons. The van der Waals surface area contributed by atoms with Gasteiger partial charge in [0.25, 0.3) is 5.91 Å². The van der Waals surface area contributed by atoms with E-state index in [1.54, 1.807) is 23.9 Å². The topological polar surface area (TPSA) is 91.6 Å². The molecule has 7 heteroatoms. The monoisotopic (exact) mass is 290 g/mol. The number of halogens is 1. The minimum atomic E-state index is -1.29. The third kappa shape index (κ3) is 2.83. The second kappa shape index (κ2) is 5.13. The molecule has 88 valence electrons. The number of carboxylic acids is 1. The third-order valence-electron chi connectivity index (χ3n) is 1.99. The van der Waals surface area contributed by atoms with Crippen LogP contribution < -0.4 is 5.32 Å². The molecule has 1 aromatic heterocycles. The highest BCUT2D eigenvalue weighted by molar-refractivity contribution is 9.10. The highest BCUT2D eigenvalue weighted by atomic mass is 79.9. The summed E-state index contributed by atoms with van der Waals surface area (Å²) in [5, 5.41) is 19.6. The molecule has 0 aliphatic heterocycles. The number of rotatable bonds is 4. The molecule has 0 aliphatic rings. The number of aliphatic hydroxyl groups is 1. The summed E-state index contributed by atoms with van der Waals surface area (Å²) in [6.07, 6.45) is 1.67. The largest absolute Gasteiger partial charge is 0.480 e. The van der Waals surface area contributed by atoms with Crippen molar-refractivity contribution in [2.75, 3.05) is 6.61 Å². The zero-order valence-electron chi connectivity index (χ0n) is 8.48. The molecule has 1 rings (SSSR count). The summed E-state index contributed by atoms with van der Waals surface area (Å²) < 4.78 is 2.27. The Kier molecular flexibility index (Phi) is 4.08. The van der Waals surface area contributed by atoms with Crippen LogP contribution in [0, 0.1) is 0 Å². The van der Waals surface area contributed by atoms with Crippen LogP contribution in [0.5, 0.6) is 0 Å². The van der Waals surface area contributed by atoms with Crippen molar-refractivity contribution in [2.45, 2.75) is 6.04 Å². The molecule has 1 amide bonds. The zero-order valence-corrected chi connectivity index (χ0v) is 10.1. The van der Waals surface area contributed by atoms with E-state index in [0.717, 1.165) is 4.47 Å². The summed E-state index contributed by atoms with van der Waals surface area (Å²) in [5.74, 6) is -1.82. The van der Waals surface area contributed by atoms with Gasteiger partial charge in [0, 0.05) is 17.7 Å². The van der Waals surface area contributed by atoms with Gasteiger partial charge in [0.15, 0.2) is 6.04 Å². The van der Waals surface area contributed by atoms with Gasteiger partial charge in [-0.1, -0.05) is 0 Å². The smallest absolute Gasteiger partial charge is 0.328 e. The van der Waals surface area contributed by atoms with Crippen molar-refractivity contribution in [1.82, 2.24) is 9.88 Å². The van der Waals surface area contributed by atoms with E-state index in [-0.39, 0.29) is 0 Å². The molecular formula is C9H11BrN2O4. The summed E-state index contributed by atoms with van der Waals surface area (Å²) in [6, 6.07) is 0.271. The van der Waals surface area contributed by atoms with Gasteiger partial charge in [-0.2, -0.15) is 0 Å². The SMILES string of the molecule is Cn1cc(Br)cc1C(=O)NC(CO)C(=O)O. The molecular weight excluding hydrogens is 280 g/mol. The van der Waals surface area contributed by atoms with Crippen LogP contribution in [0.25, 0.3) is 0 Å². The lowest BCUT2D eigenvalue weighted by molar-refractivity contribution is -0.140. The zero-order chi connectivity index (χ0) is 12.3. The van der Waals surface area contributed by atoms with Gasteiger partial charge in [-0.15, -0.1) is 0 Å². The number of aliphatic carboxylic acids is 1. The van der Waals surface area contributed by atoms with Crippen LogP contribution in [0.1, 0.15) is 10.5 Å². The van der Waals surface area contributed by atoms with Crippen LogP contribution in [0.3, 0.4) is 0 Å². The molecule has 1 aromatic rings. The number of hydrogen-bond acceptors (Lipinski definition) is 3. The predicted molar refractivity (Wildman–Crippen MR) is 59.1 cm³/mol. The van der Waals surface area contributed by atoms with E-state index in [1.165, 1.54) is 0 Å². The average Bonchev–Trinajstić information content (AvgIpc) is 2.53. The highest BCUT2D eigenvalue weighted by Gasteiger charge is 2.21. The molecule has 1 heterocycles. The molecule has 0 bridgehead atoms. The quantitative estimate of drug-likeness (QED) is 0.726. The Morgan fingerprint density at radius 1 is 1.62 bits per heavy atom. The normalized spacial score (nSPS) is 12.2. The second-order valence-electron chi connectivity index (χ2n) is 3.20.